The number of fused-ring (bicyclic) bond motifs is 2. The summed E-state index contributed by atoms with van der Waals surface area (Å²) in [5.74, 6) is 0.634. The van der Waals surface area contributed by atoms with E-state index in [0.717, 1.165) is 67.2 Å². The number of pyridine rings is 1. The number of nitrogens with one attached hydrogen (secondary N) is 1. The molecule has 1 aromatic heterocycles. The monoisotopic (exact) mass is 554 g/mol. The lowest BCUT2D eigenvalue weighted by molar-refractivity contribution is -0.136. The van der Waals surface area contributed by atoms with Gasteiger partial charge in [-0.1, -0.05) is 19.1 Å². The smallest absolute Gasteiger partial charge is 0.255 e. The van der Waals surface area contributed by atoms with E-state index in [2.05, 4.69) is 47.5 Å². The largest absolute Gasteiger partial charge is 0.489 e. The minimum Gasteiger partial charge on any atom is -0.489 e. The van der Waals surface area contributed by atoms with Crippen LogP contribution in [0.1, 0.15) is 59.3 Å². The van der Waals surface area contributed by atoms with Crippen molar-refractivity contribution in [1.29, 1.82) is 0 Å². The van der Waals surface area contributed by atoms with Crippen molar-refractivity contribution in [1.82, 2.24) is 20.1 Å². The fraction of sp³-hybridized carbons (Fsp3) is 0.438. The average molecular weight is 555 g/mol. The highest BCUT2D eigenvalue weighted by Gasteiger charge is 2.39. The van der Waals surface area contributed by atoms with Crippen molar-refractivity contribution >= 4 is 28.6 Å². The van der Waals surface area contributed by atoms with E-state index < -0.39 is 11.9 Å². The lowest BCUT2D eigenvalue weighted by atomic mass is 10.0. The summed E-state index contributed by atoms with van der Waals surface area (Å²) in [5, 5.41) is 3.51. The van der Waals surface area contributed by atoms with Gasteiger partial charge in [0.15, 0.2) is 0 Å². The zero-order valence-corrected chi connectivity index (χ0v) is 23.2. The Bertz CT molecular complexity index is 1530. The zero-order valence-electron chi connectivity index (χ0n) is 23.2. The van der Waals surface area contributed by atoms with E-state index in [0.29, 0.717) is 30.4 Å². The molecule has 9 nitrogen and oxygen atoms in total. The number of aromatic nitrogens is 1. The maximum absolute atomic E-state index is 13.0. The molecule has 3 saturated heterocycles. The van der Waals surface area contributed by atoms with E-state index >= 15 is 0 Å². The summed E-state index contributed by atoms with van der Waals surface area (Å²) >= 11 is 0. The van der Waals surface area contributed by atoms with Crippen molar-refractivity contribution in [2.45, 2.75) is 57.3 Å². The van der Waals surface area contributed by atoms with Crippen LogP contribution in [0.15, 0.2) is 48.5 Å². The second-order valence-electron chi connectivity index (χ2n) is 11.9. The van der Waals surface area contributed by atoms with E-state index in [9.17, 15) is 14.4 Å². The standard InChI is InChI=1S/C32H34N4O5/c1-19-14-35(15-20-2-6-26-21(12-20)3-7-27(33-26)22-10-11-40-18-22)17-29(19)41-24-4-5-25-23(13-24)16-36(32(25)39)28-8-9-30(37)34-31(28)38/h2-7,12-13,19,22,28-29H,8-11,14-18H2,1H3,(H,34,37,38)/t19-,22-,28?,29-/m1/s1. The lowest BCUT2D eigenvalue weighted by Crippen LogP contribution is -2.52. The van der Waals surface area contributed by atoms with Crippen molar-refractivity contribution < 1.29 is 23.9 Å². The van der Waals surface area contributed by atoms with Crippen molar-refractivity contribution in [3.8, 4) is 5.75 Å². The van der Waals surface area contributed by atoms with Crippen LogP contribution >= 0.6 is 0 Å². The number of nitrogens with zero attached hydrogens (tertiary/aromatic N) is 3. The molecule has 4 aliphatic heterocycles. The first-order valence-corrected chi connectivity index (χ1v) is 14.6. The molecule has 9 heteroatoms. The highest BCUT2D eigenvalue weighted by Crippen LogP contribution is 2.32. The number of hydrogen-bond donors (Lipinski definition) is 1. The number of hydrogen-bond acceptors (Lipinski definition) is 7. The quantitative estimate of drug-likeness (QED) is 0.466. The normalized spacial score (nSPS) is 26.6. The summed E-state index contributed by atoms with van der Waals surface area (Å²) in [6.07, 6.45) is 1.68. The van der Waals surface area contributed by atoms with Crippen molar-refractivity contribution in [3.05, 3.63) is 70.9 Å². The molecule has 0 spiro atoms. The van der Waals surface area contributed by atoms with E-state index in [-0.39, 0.29) is 24.3 Å². The summed E-state index contributed by atoms with van der Waals surface area (Å²) in [4.78, 5) is 45.8. The number of likely N-dealkylation sites (tertiary alicyclic amines) is 1. The third-order valence-corrected chi connectivity index (χ3v) is 8.93. The highest BCUT2D eigenvalue weighted by molar-refractivity contribution is 6.05. The first-order valence-electron chi connectivity index (χ1n) is 14.6. The van der Waals surface area contributed by atoms with Crippen LogP contribution in [0.25, 0.3) is 10.9 Å². The highest BCUT2D eigenvalue weighted by atomic mass is 16.5. The number of rotatable bonds is 6. The zero-order chi connectivity index (χ0) is 28.1. The Morgan fingerprint density at radius 1 is 1.05 bits per heavy atom. The molecule has 3 aromatic rings. The minimum absolute atomic E-state index is 0.0368. The van der Waals surface area contributed by atoms with Crippen molar-refractivity contribution in [2.75, 3.05) is 26.3 Å². The first kappa shape index (κ1) is 26.1. The molecule has 0 aliphatic carbocycles. The molecule has 2 aromatic carbocycles. The van der Waals surface area contributed by atoms with Crippen LogP contribution in [0.4, 0.5) is 0 Å². The van der Waals surface area contributed by atoms with E-state index in [1.807, 2.05) is 12.1 Å². The number of piperidine rings is 1. The summed E-state index contributed by atoms with van der Waals surface area (Å²) < 4.78 is 12.0. The Balaban J connectivity index is 0.988. The van der Waals surface area contributed by atoms with Gasteiger partial charge in [-0.15, -0.1) is 0 Å². The average Bonchev–Trinajstić information content (AvgIpc) is 3.69. The summed E-state index contributed by atoms with van der Waals surface area (Å²) in [6, 6.07) is 15.8. The second-order valence-corrected chi connectivity index (χ2v) is 11.9. The topological polar surface area (TPSA) is 101 Å². The molecule has 41 heavy (non-hydrogen) atoms. The van der Waals surface area contributed by atoms with E-state index in [4.69, 9.17) is 14.5 Å². The predicted octanol–water partition coefficient (Wildman–Crippen LogP) is 3.40. The Kier molecular flexibility index (Phi) is 6.71. The fourth-order valence-corrected chi connectivity index (χ4v) is 6.66. The second kappa shape index (κ2) is 10.5. The molecular weight excluding hydrogens is 520 g/mol. The fourth-order valence-electron chi connectivity index (χ4n) is 6.66. The van der Waals surface area contributed by atoms with Crippen LogP contribution in [0.3, 0.4) is 0 Å². The molecule has 3 fully saturated rings. The van der Waals surface area contributed by atoms with Crippen molar-refractivity contribution in [2.24, 2.45) is 5.92 Å². The molecule has 212 valence electrons. The SMILES string of the molecule is C[C@@H]1CN(Cc2ccc3nc([C@@H]4CCOC4)ccc3c2)C[C@H]1Oc1ccc2c(c1)CN(C1CCC(=O)NC1=O)C2=O. The molecule has 1 N–H and O–H groups in total. The predicted molar refractivity (Wildman–Crippen MR) is 151 cm³/mol. The van der Waals surface area contributed by atoms with Crippen LogP contribution in [0.5, 0.6) is 5.75 Å². The van der Waals surface area contributed by atoms with Gasteiger partial charge in [0.25, 0.3) is 5.91 Å². The molecule has 5 heterocycles. The van der Waals surface area contributed by atoms with Gasteiger partial charge in [-0.3, -0.25) is 29.6 Å². The molecule has 4 aliphatic rings. The lowest BCUT2D eigenvalue weighted by Gasteiger charge is -2.29. The Morgan fingerprint density at radius 3 is 2.78 bits per heavy atom. The minimum atomic E-state index is -0.616. The molecule has 0 bridgehead atoms. The molecule has 4 atom stereocenters. The van der Waals surface area contributed by atoms with Crippen molar-refractivity contribution in [3.63, 3.8) is 0 Å². The third kappa shape index (κ3) is 5.08. The number of amides is 3. The van der Waals surface area contributed by atoms with Crippen LogP contribution in [-0.2, 0) is 27.4 Å². The van der Waals surface area contributed by atoms with Gasteiger partial charge in [0.2, 0.25) is 11.8 Å². The van der Waals surface area contributed by atoms with Crippen LogP contribution in [0.2, 0.25) is 0 Å². The van der Waals surface area contributed by atoms with Gasteiger partial charge in [0.05, 0.1) is 12.1 Å². The Labute approximate surface area is 238 Å². The van der Waals surface area contributed by atoms with Gasteiger partial charge in [0.1, 0.15) is 17.9 Å². The summed E-state index contributed by atoms with van der Waals surface area (Å²) in [6.45, 7) is 6.74. The maximum atomic E-state index is 13.0. The Hall–Kier alpha value is -3.82. The summed E-state index contributed by atoms with van der Waals surface area (Å²) in [7, 11) is 0. The van der Waals surface area contributed by atoms with Crippen LogP contribution in [-0.4, -0.2) is 71.0 Å². The number of ether oxygens (including phenoxy) is 2. The summed E-state index contributed by atoms with van der Waals surface area (Å²) in [5.41, 5.74) is 4.86. The van der Waals surface area contributed by atoms with Gasteiger partial charge in [0, 0.05) is 67.7 Å². The maximum Gasteiger partial charge on any atom is 0.255 e. The molecular formula is C32H34N4O5. The molecule has 1 unspecified atom stereocenters. The Morgan fingerprint density at radius 2 is 1.95 bits per heavy atom. The number of carbonyl (C=O) groups is 3. The number of benzene rings is 2. The van der Waals surface area contributed by atoms with Gasteiger partial charge in [-0.2, -0.15) is 0 Å². The molecule has 0 saturated carbocycles. The third-order valence-electron chi connectivity index (χ3n) is 8.93. The number of imide groups is 1. The first-order chi connectivity index (χ1) is 19.9. The van der Waals surface area contributed by atoms with Gasteiger partial charge in [-0.25, -0.2) is 0 Å². The van der Waals surface area contributed by atoms with E-state index in [1.165, 1.54) is 5.56 Å². The van der Waals surface area contributed by atoms with Gasteiger partial charge < -0.3 is 14.4 Å². The van der Waals surface area contributed by atoms with Crippen LogP contribution in [0, 0.1) is 5.92 Å². The van der Waals surface area contributed by atoms with Crippen LogP contribution < -0.4 is 10.1 Å². The molecule has 7 rings (SSSR count). The molecule has 0 radical (unpaired) electrons. The number of carbonyl (C=O) groups excluding carboxylic acids is 3. The van der Waals surface area contributed by atoms with E-state index in [1.54, 1.807) is 11.0 Å². The van der Waals surface area contributed by atoms with Gasteiger partial charge in [-0.05, 0) is 60.4 Å². The van der Waals surface area contributed by atoms with Gasteiger partial charge >= 0.3 is 0 Å². The molecule has 3 amide bonds.